The van der Waals surface area contributed by atoms with Gasteiger partial charge in [-0.05, 0) is 122 Å². The molecule has 1 N–H and O–H groups in total. The average Bonchev–Trinajstić information content (AvgIpc) is 3.30. The van der Waals surface area contributed by atoms with Crippen molar-refractivity contribution in [2.45, 2.75) is 174 Å². The molecule has 7 atom stereocenters. The van der Waals surface area contributed by atoms with E-state index in [2.05, 4.69) is 98.1 Å². The van der Waals surface area contributed by atoms with Crippen LogP contribution in [0.4, 0.5) is 8.78 Å². The smallest absolute Gasteiger partial charge is 0.379 e. The van der Waals surface area contributed by atoms with E-state index in [0.717, 1.165) is 50.5 Å². The van der Waals surface area contributed by atoms with Gasteiger partial charge in [0.15, 0.2) is 16.6 Å². The number of carbonyl (C=O) groups is 1. The zero-order valence-corrected chi connectivity index (χ0v) is 34.5. The number of aliphatic hydroxyl groups is 1. The Balaban J connectivity index is 1.88. The summed E-state index contributed by atoms with van der Waals surface area (Å²) in [5, 5.41) is 10.7. The summed E-state index contributed by atoms with van der Waals surface area (Å²) in [5.41, 5.74) is 3.65. The minimum absolute atomic E-state index is 0.0491. The molecule has 3 rings (SSSR count). The maximum Gasteiger partial charge on any atom is 0.379 e. The molecule has 5 nitrogen and oxygen atoms in total. The molecule has 0 aromatic rings. The first-order valence-electron chi connectivity index (χ1n) is 18.5. The molecule has 3 saturated carbocycles. The van der Waals surface area contributed by atoms with Crippen molar-refractivity contribution < 1.29 is 32.3 Å². The maximum atomic E-state index is 14.6. The molecule has 0 spiro atoms. The van der Waals surface area contributed by atoms with Crippen molar-refractivity contribution in [1.29, 1.82) is 0 Å². The third kappa shape index (κ3) is 8.83. The number of alkyl halides is 2. The topological polar surface area (TPSA) is 65.0 Å². The normalized spacial score (nSPS) is 30.8. The van der Waals surface area contributed by atoms with E-state index in [1.165, 1.54) is 18.1 Å². The van der Waals surface area contributed by atoms with Gasteiger partial charge in [0.25, 0.3) is 0 Å². The number of fused-ring (bicyclic) bond motifs is 1. The average molecular weight is 711 g/mol. The third-order valence-corrected chi connectivity index (χ3v) is 22.0. The highest BCUT2D eigenvalue weighted by atomic mass is 28.4. The number of hydrogen-bond acceptors (Lipinski definition) is 5. The van der Waals surface area contributed by atoms with Crippen LogP contribution < -0.4 is 0 Å². The number of hydrogen-bond donors (Lipinski definition) is 1. The molecule has 0 aromatic heterocycles. The van der Waals surface area contributed by atoms with Crippen molar-refractivity contribution in [3.8, 4) is 0 Å². The lowest BCUT2D eigenvalue weighted by Crippen LogP contribution is -2.49. The highest BCUT2D eigenvalue weighted by Gasteiger charge is 2.54. The van der Waals surface area contributed by atoms with Gasteiger partial charge in [-0.3, -0.25) is 0 Å². The minimum Gasteiger partial charge on any atom is -0.461 e. The van der Waals surface area contributed by atoms with Gasteiger partial charge in [-0.25, -0.2) is 4.79 Å². The number of halogens is 2. The molecule has 0 saturated heterocycles. The van der Waals surface area contributed by atoms with Crippen molar-refractivity contribution in [1.82, 2.24) is 0 Å². The first-order chi connectivity index (χ1) is 21.8. The van der Waals surface area contributed by atoms with Crippen LogP contribution in [0.1, 0.15) is 114 Å². The number of rotatable bonds is 11. The standard InChI is InChI=1S/C39H68F2O5Si2/c1-15-44-35(43)39(40,41)34(42)23-26(2)31-20-21-32-28(17-16-22-38(31,32)10)18-19-29-24-30(45-47(11,12)36(4,5)6)25-33(27(29)3)46-48(13,14)37(7,8)9/h18-19,26,30-34,42H,3,15-17,20-25H2,1-2,4-14H3/b28-18+,29-19-/t26-,30-,31-,32?,33+,34-,38-/m1/s1. The Morgan fingerprint density at radius 1 is 1.04 bits per heavy atom. The minimum atomic E-state index is -3.91. The van der Waals surface area contributed by atoms with Crippen molar-refractivity contribution in [2.24, 2.45) is 23.2 Å². The summed E-state index contributed by atoms with van der Waals surface area (Å²) in [7, 11) is -4.07. The maximum absolute atomic E-state index is 14.6. The number of carbonyl (C=O) groups excluding carboxylic acids is 1. The molecule has 0 heterocycles. The van der Waals surface area contributed by atoms with Gasteiger partial charge in [0.05, 0.1) is 18.8 Å². The molecular formula is C39H68F2O5Si2. The lowest BCUT2D eigenvalue weighted by molar-refractivity contribution is -0.190. The molecule has 3 aliphatic rings. The molecule has 3 fully saturated rings. The van der Waals surface area contributed by atoms with Crippen LogP contribution in [0.15, 0.2) is 35.5 Å². The highest BCUT2D eigenvalue weighted by Crippen LogP contribution is 2.60. The lowest BCUT2D eigenvalue weighted by Gasteiger charge is -2.46. The third-order valence-electron chi connectivity index (χ3n) is 13.0. The Morgan fingerprint density at radius 2 is 1.62 bits per heavy atom. The monoisotopic (exact) mass is 710 g/mol. The number of ether oxygens (including phenoxy) is 1. The van der Waals surface area contributed by atoms with E-state index in [1.54, 1.807) is 0 Å². The molecule has 0 amide bonds. The van der Waals surface area contributed by atoms with Gasteiger partial charge < -0.3 is 18.7 Å². The first kappa shape index (κ1) is 41.3. The summed E-state index contributed by atoms with van der Waals surface area (Å²) in [6.07, 6.45) is 9.09. The second kappa shape index (κ2) is 14.8. The lowest BCUT2D eigenvalue weighted by atomic mass is 9.60. The summed E-state index contributed by atoms with van der Waals surface area (Å²) in [6.45, 7) is 33.2. The van der Waals surface area contributed by atoms with Gasteiger partial charge in [0, 0.05) is 6.42 Å². The van der Waals surface area contributed by atoms with E-state index in [4.69, 9.17) is 8.85 Å². The predicted molar refractivity (Wildman–Crippen MR) is 198 cm³/mol. The van der Waals surface area contributed by atoms with E-state index in [-0.39, 0.29) is 52.6 Å². The summed E-state index contributed by atoms with van der Waals surface area (Å²) < 4.78 is 47.9. The Bertz CT molecular complexity index is 1230. The van der Waals surface area contributed by atoms with Crippen molar-refractivity contribution in [2.75, 3.05) is 6.61 Å². The predicted octanol–water partition coefficient (Wildman–Crippen LogP) is 10.8. The van der Waals surface area contributed by atoms with Crippen LogP contribution in [-0.4, -0.2) is 58.6 Å². The molecule has 0 bridgehead atoms. The number of esters is 1. The van der Waals surface area contributed by atoms with Gasteiger partial charge >= 0.3 is 11.9 Å². The fourth-order valence-corrected chi connectivity index (χ4v) is 10.7. The van der Waals surface area contributed by atoms with E-state index < -0.39 is 34.6 Å². The molecular weight excluding hydrogens is 643 g/mol. The van der Waals surface area contributed by atoms with Crippen molar-refractivity contribution in [3.63, 3.8) is 0 Å². The van der Waals surface area contributed by atoms with Crippen LogP contribution in [0.2, 0.25) is 36.3 Å². The molecule has 1 unspecified atom stereocenters. The second-order valence-corrected chi connectivity index (χ2v) is 27.9. The summed E-state index contributed by atoms with van der Waals surface area (Å²) in [4.78, 5) is 11.9. The number of aliphatic hydroxyl groups excluding tert-OH is 1. The van der Waals surface area contributed by atoms with Crippen LogP contribution in [0.5, 0.6) is 0 Å². The van der Waals surface area contributed by atoms with Gasteiger partial charge in [-0.2, -0.15) is 8.78 Å². The quantitative estimate of drug-likeness (QED) is 0.171. The van der Waals surface area contributed by atoms with Crippen LogP contribution in [0.25, 0.3) is 0 Å². The van der Waals surface area contributed by atoms with Gasteiger partial charge in [0.2, 0.25) is 0 Å². The molecule has 0 aromatic carbocycles. The second-order valence-electron chi connectivity index (χ2n) is 18.4. The molecule has 276 valence electrons. The molecule has 3 aliphatic carbocycles. The summed E-state index contributed by atoms with van der Waals surface area (Å²) >= 11 is 0. The fraction of sp³-hybridized carbons (Fsp3) is 0.821. The molecule has 48 heavy (non-hydrogen) atoms. The Morgan fingerprint density at radius 3 is 2.19 bits per heavy atom. The first-order valence-corrected chi connectivity index (χ1v) is 24.3. The van der Waals surface area contributed by atoms with Gasteiger partial charge in [-0.1, -0.05) is 79.7 Å². The Hall–Kier alpha value is -1.14. The van der Waals surface area contributed by atoms with Crippen LogP contribution in [-0.2, 0) is 18.4 Å². The highest BCUT2D eigenvalue weighted by molar-refractivity contribution is 6.74. The van der Waals surface area contributed by atoms with Gasteiger partial charge in [0.1, 0.15) is 6.10 Å². The zero-order chi connectivity index (χ0) is 36.7. The Kier molecular flexibility index (Phi) is 12.8. The Labute approximate surface area is 293 Å². The zero-order valence-electron chi connectivity index (χ0n) is 32.5. The van der Waals surface area contributed by atoms with Crippen LogP contribution >= 0.6 is 0 Å². The van der Waals surface area contributed by atoms with E-state index in [1.807, 2.05) is 6.92 Å². The fourth-order valence-electron chi connectivity index (χ4n) is 8.01. The summed E-state index contributed by atoms with van der Waals surface area (Å²) in [5.74, 6) is -5.18. The van der Waals surface area contributed by atoms with E-state index in [9.17, 15) is 18.7 Å². The molecule has 0 aliphatic heterocycles. The van der Waals surface area contributed by atoms with E-state index >= 15 is 0 Å². The van der Waals surface area contributed by atoms with Gasteiger partial charge in [-0.15, -0.1) is 0 Å². The number of allylic oxidation sites excluding steroid dienone is 3. The summed E-state index contributed by atoms with van der Waals surface area (Å²) in [6, 6.07) is 0. The SMILES string of the molecule is C=C1/C(=C\C=C2/CCC[C@@]3(C)C2CC[C@@H]3[C@H](C)C[C@@H](O)C(F)(F)C(=O)OCC)C[C@@H](O[Si](C)(C)C(C)(C)C)C[C@@H]1O[Si](C)(C)C(C)(C)C. The van der Waals surface area contributed by atoms with Crippen LogP contribution in [0.3, 0.4) is 0 Å². The van der Waals surface area contributed by atoms with Crippen molar-refractivity contribution >= 4 is 22.6 Å². The van der Waals surface area contributed by atoms with E-state index in [0.29, 0.717) is 5.92 Å². The van der Waals surface area contributed by atoms with Crippen LogP contribution in [0, 0.1) is 23.2 Å². The van der Waals surface area contributed by atoms with Crippen molar-refractivity contribution in [3.05, 3.63) is 35.5 Å². The largest absolute Gasteiger partial charge is 0.461 e. The molecule has 0 radical (unpaired) electrons. The molecule has 9 heteroatoms.